The topological polar surface area (TPSA) is 53.3 Å². The molecule has 1 aliphatic rings. The lowest BCUT2D eigenvalue weighted by atomic mass is 10.1. The first-order valence-corrected chi connectivity index (χ1v) is 5.89. The van der Waals surface area contributed by atoms with Crippen molar-refractivity contribution in [3.63, 3.8) is 0 Å². The number of halogens is 3. The fourth-order valence-corrected chi connectivity index (χ4v) is 1.97. The van der Waals surface area contributed by atoms with E-state index >= 15 is 0 Å². The average molecular weight is 284 g/mol. The monoisotopic (exact) mass is 284 g/mol. The van der Waals surface area contributed by atoms with Crippen LogP contribution in [0.15, 0.2) is 18.2 Å². The highest BCUT2D eigenvalue weighted by Crippen LogP contribution is 2.38. The van der Waals surface area contributed by atoms with Gasteiger partial charge in [0.1, 0.15) is 12.4 Å². The van der Waals surface area contributed by atoms with E-state index in [-0.39, 0.29) is 31.0 Å². The predicted molar refractivity (Wildman–Crippen MR) is 64.4 cm³/mol. The van der Waals surface area contributed by atoms with E-state index in [0.717, 1.165) is 12.1 Å². The maximum atomic E-state index is 12.7. The molecular weight excluding hydrogens is 273 g/mol. The molecule has 20 heavy (non-hydrogen) atoms. The second kappa shape index (κ2) is 5.41. The molecule has 0 aliphatic carbocycles. The van der Waals surface area contributed by atoms with Gasteiger partial charge >= 0.3 is 6.18 Å². The standard InChI is InChI=1S/C13H11F3N2O2/c14-13(15,16)9-1-2-12-11(7-9)18(5-6-20-12)8-10(19)3-4-17/h1-2,7H,3,5-6,8H2. The van der Waals surface area contributed by atoms with E-state index in [0.29, 0.717) is 12.3 Å². The van der Waals surface area contributed by atoms with E-state index in [9.17, 15) is 18.0 Å². The number of benzene rings is 1. The van der Waals surface area contributed by atoms with Crippen molar-refractivity contribution < 1.29 is 22.7 Å². The molecule has 1 heterocycles. The van der Waals surface area contributed by atoms with Crippen molar-refractivity contribution in [3.8, 4) is 11.8 Å². The largest absolute Gasteiger partial charge is 0.490 e. The Morgan fingerprint density at radius 2 is 2.20 bits per heavy atom. The molecule has 1 aromatic carbocycles. The summed E-state index contributed by atoms with van der Waals surface area (Å²) >= 11 is 0. The van der Waals surface area contributed by atoms with Gasteiger partial charge in [-0.1, -0.05) is 0 Å². The normalized spacial score (nSPS) is 14.2. The van der Waals surface area contributed by atoms with Gasteiger partial charge in [0, 0.05) is 0 Å². The lowest BCUT2D eigenvalue weighted by molar-refractivity contribution is -0.137. The first kappa shape index (κ1) is 14.2. The molecule has 1 aliphatic heterocycles. The number of rotatable bonds is 3. The summed E-state index contributed by atoms with van der Waals surface area (Å²) in [5, 5.41) is 8.45. The van der Waals surface area contributed by atoms with Crippen LogP contribution in [-0.4, -0.2) is 25.5 Å². The Morgan fingerprint density at radius 1 is 1.45 bits per heavy atom. The molecule has 0 spiro atoms. The number of nitrogens with zero attached hydrogens (tertiary/aromatic N) is 2. The number of nitriles is 1. The fourth-order valence-electron chi connectivity index (χ4n) is 1.97. The summed E-state index contributed by atoms with van der Waals surface area (Å²) in [7, 11) is 0. The van der Waals surface area contributed by atoms with Crippen LogP contribution in [0.4, 0.5) is 18.9 Å². The van der Waals surface area contributed by atoms with Crippen molar-refractivity contribution >= 4 is 11.5 Å². The van der Waals surface area contributed by atoms with Crippen LogP contribution in [0.5, 0.6) is 5.75 Å². The summed E-state index contributed by atoms with van der Waals surface area (Å²) in [6.45, 7) is 0.509. The molecule has 2 rings (SSSR count). The molecule has 0 atom stereocenters. The Bertz CT molecular complexity index is 564. The van der Waals surface area contributed by atoms with Gasteiger partial charge in [-0.25, -0.2) is 0 Å². The van der Waals surface area contributed by atoms with Gasteiger partial charge in [0.15, 0.2) is 5.78 Å². The van der Waals surface area contributed by atoms with Crippen LogP contribution >= 0.6 is 0 Å². The Kier molecular flexibility index (Phi) is 3.84. The maximum Gasteiger partial charge on any atom is 0.416 e. The number of ketones is 1. The Labute approximate surface area is 113 Å². The molecule has 0 saturated heterocycles. The first-order valence-electron chi connectivity index (χ1n) is 5.89. The van der Waals surface area contributed by atoms with E-state index in [4.69, 9.17) is 10.00 Å². The van der Waals surface area contributed by atoms with Crippen molar-refractivity contribution in [2.45, 2.75) is 12.6 Å². The van der Waals surface area contributed by atoms with Crippen molar-refractivity contribution in [1.82, 2.24) is 0 Å². The molecular formula is C13H11F3N2O2. The van der Waals surface area contributed by atoms with Crippen molar-refractivity contribution in [3.05, 3.63) is 23.8 Å². The highest BCUT2D eigenvalue weighted by Gasteiger charge is 2.32. The number of Topliss-reactive ketones (excluding diaryl/α,β-unsaturated/α-hetero) is 1. The zero-order valence-electron chi connectivity index (χ0n) is 10.4. The summed E-state index contributed by atoms with van der Waals surface area (Å²) in [4.78, 5) is 13.0. The lowest BCUT2D eigenvalue weighted by Crippen LogP contribution is -2.36. The SMILES string of the molecule is N#CCC(=O)CN1CCOc2ccc(C(F)(F)F)cc21. The highest BCUT2D eigenvalue weighted by atomic mass is 19.4. The Hall–Kier alpha value is -2.23. The minimum Gasteiger partial charge on any atom is -0.490 e. The third-order valence-corrected chi connectivity index (χ3v) is 2.89. The van der Waals surface area contributed by atoms with Crippen LogP contribution in [0.25, 0.3) is 0 Å². The number of hydrogen-bond donors (Lipinski definition) is 0. The third kappa shape index (κ3) is 3.02. The van der Waals surface area contributed by atoms with Crippen molar-refractivity contribution in [1.29, 1.82) is 5.26 Å². The maximum absolute atomic E-state index is 12.7. The van der Waals surface area contributed by atoms with Crippen LogP contribution < -0.4 is 9.64 Å². The Balaban J connectivity index is 2.29. The zero-order valence-corrected chi connectivity index (χ0v) is 10.4. The molecule has 0 radical (unpaired) electrons. The van der Waals surface area contributed by atoms with Gasteiger partial charge in [-0.3, -0.25) is 4.79 Å². The van der Waals surface area contributed by atoms with Crippen LogP contribution in [0.2, 0.25) is 0 Å². The van der Waals surface area contributed by atoms with Gasteiger partial charge in [-0.2, -0.15) is 18.4 Å². The Morgan fingerprint density at radius 3 is 2.85 bits per heavy atom. The van der Waals surface area contributed by atoms with E-state index in [2.05, 4.69) is 0 Å². The number of hydrogen-bond acceptors (Lipinski definition) is 4. The fraction of sp³-hybridized carbons (Fsp3) is 0.385. The molecule has 1 aromatic rings. The van der Waals surface area contributed by atoms with E-state index < -0.39 is 11.7 Å². The van der Waals surface area contributed by atoms with Crippen LogP contribution in [0, 0.1) is 11.3 Å². The number of ether oxygens (including phenoxy) is 1. The minimum absolute atomic E-state index is 0.0920. The molecule has 0 amide bonds. The van der Waals surface area contributed by atoms with E-state index in [1.807, 2.05) is 0 Å². The zero-order chi connectivity index (χ0) is 14.8. The van der Waals surface area contributed by atoms with Crippen LogP contribution in [0.1, 0.15) is 12.0 Å². The summed E-state index contributed by atoms with van der Waals surface area (Å²) in [6.07, 6.45) is -4.71. The van der Waals surface area contributed by atoms with Gasteiger partial charge in [0.2, 0.25) is 0 Å². The summed E-state index contributed by atoms with van der Waals surface area (Å²) < 4.78 is 43.4. The van der Waals surface area contributed by atoms with Crippen LogP contribution in [0.3, 0.4) is 0 Å². The lowest BCUT2D eigenvalue weighted by Gasteiger charge is -2.31. The first-order chi connectivity index (χ1) is 9.41. The molecule has 0 saturated carbocycles. The van der Waals surface area contributed by atoms with Gasteiger partial charge in [-0.05, 0) is 18.2 Å². The number of anilines is 1. The van der Waals surface area contributed by atoms with Crippen molar-refractivity contribution in [2.24, 2.45) is 0 Å². The molecule has 0 N–H and O–H groups in total. The predicted octanol–water partition coefficient (Wildman–Crippen LogP) is 2.39. The van der Waals surface area contributed by atoms with Gasteiger partial charge in [0.25, 0.3) is 0 Å². The van der Waals surface area contributed by atoms with Gasteiger partial charge in [-0.15, -0.1) is 0 Å². The summed E-state index contributed by atoms with van der Waals surface area (Å²) in [5.74, 6) is -0.0215. The van der Waals surface area contributed by atoms with Crippen LogP contribution in [-0.2, 0) is 11.0 Å². The number of alkyl halides is 3. The quantitative estimate of drug-likeness (QED) is 0.855. The van der Waals surface area contributed by atoms with Crippen molar-refractivity contribution in [2.75, 3.05) is 24.6 Å². The molecule has 0 aromatic heterocycles. The van der Waals surface area contributed by atoms with Gasteiger partial charge in [0.05, 0.1) is 36.8 Å². The summed E-state index contributed by atoms with van der Waals surface area (Å²) in [6, 6.07) is 4.89. The average Bonchev–Trinajstić information content (AvgIpc) is 2.38. The molecule has 4 nitrogen and oxygen atoms in total. The van der Waals surface area contributed by atoms with E-state index in [1.54, 1.807) is 6.07 Å². The van der Waals surface area contributed by atoms with E-state index in [1.165, 1.54) is 11.0 Å². The minimum atomic E-state index is -4.45. The second-order valence-electron chi connectivity index (χ2n) is 4.32. The highest BCUT2D eigenvalue weighted by molar-refractivity contribution is 5.85. The molecule has 0 unspecified atom stereocenters. The molecule has 0 fully saturated rings. The third-order valence-electron chi connectivity index (χ3n) is 2.89. The molecule has 7 heteroatoms. The van der Waals surface area contributed by atoms with Gasteiger partial charge < -0.3 is 9.64 Å². The smallest absolute Gasteiger partial charge is 0.416 e. The molecule has 106 valence electrons. The number of carbonyl (C=O) groups is 1. The molecule has 0 bridgehead atoms. The number of carbonyl (C=O) groups excluding carboxylic acids is 1. The summed E-state index contributed by atoms with van der Waals surface area (Å²) in [5.41, 5.74) is -0.558. The second-order valence-corrected chi connectivity index (χ2v) is 4.32. The number of fused-ring (bicyclic) bond motifs is 1.